The molecular formula is C23H34N4O3. The standard InChI is InChI=1S/C23H34N4O3/c1-3-24-23(25-15-20(17-28)19-7-5-4-6-8-19)26-16-21(22-10-9-18(2)30-22)27-11-13-29-14-12-27/h4-10,20-21,28H,3,11-17H2,1-2H3,(H2,24,25,26). The maximum atomic E-state index is 9.82. The molecule has 1 aliphatic heterocycles. The van der Waals surface area contributed by atoms with Crippen molar-refractivity contribution in [1.82, 2.24) is 15.5 Å². The zero-order chi connectivity index (χ0) is 21.2. The quantitative estimate of drug-likeness (QED) is 0.431. The Morgan fingerprint density at radius 3 is 2.53 bits per heavy atom. The van der Waals surface area contributed by atoms with Gasteiger partial charge in [0.15, 0.2) is 5.96 Å². The number of benzene rings is 1. The second kappa shape index (κ2) is 11.7. The minimum Gasteiger partial charge on any atom is -0.465 e. The van der Waals surface area contributed by atoms with E-state index in [0.29, 0.717) is 13.1 Å². The number of morpholine rings is 1. The van der Waals surface area contributed by atoms with E-state index in [0.717, 1.165) is 55.9 Å². The molecular weight excluding hydrogens is 380 g/mol. The van der Waals surface area contributed by atoms with Crippen LogP contribution in [0.2, 0.25) is 0 Å². The van der Waals surface area contributed by atoms with Gasteiger partial charge in [0, 0.05) is 32.1 Å². The van der Waals surface area contributed by atoms with Crippen LogP contribution in [0.3, 0.4) is 0 Å². The first-order valence-electron chi connectivity index (χ1n) is 10.8. The summed E-state index contributed by atoms with van der Waals surface area (Å²) >= 11 is 0. The third-order valence-corrected chi connectivity index (χ3v) is 5.34. The number of aliphatic hydroxyl groups excluding tert-OH is 1. The summed E-state index contributed by atoms with van der Waals surface area (Å²) in [6, 6.07) is 14.2. The van der Waals surface area contributed by atoms with E-state index < -0.39 is 0 Å². The first kappa shape index (κ1) is 22.3. The summed E-state index contributed by atoms with van der Waals surface area (Å²) in [6.07, 6.45) is 0. The van der Waals surface area contributed by atoms with Gasteiger partial charge in [-0.25, -0.2) is 0 Å². The summed E-state index contributed by atoms with van der Waals surface area (Å²) in [7, 11) is 0. The number of ether oxygens (including phenoxy) is 1. The number of nitrogens with one attached hydrogen (secondary N) is 2. The fourth-order valence-corrected chi connectivity index (χ4v) is 3.66. The smallest absolute Gasteiger partial charge is 0.191 e. The molecule has 2 unspecified atom stereocenters. The molecule has 7 heteroatoms. The predicted octanol–water partition coefficient (Wildman–Crippen LogP) is 2.29. The van der Waals surface area contributed by atoms with Gasteiger partial charge in [-0.2, -0.15) is 0 Å². The van der Waals surface area contributed by atoms with E-state index >= 15 is 0 Å². The van der Waals surface area contributed by atoms with Gasteiger partial charge in [0.2, 0.25) is 0 Å². The fourth-order valence-electron chi connectivity index (χ4n) is 3.66. The molecule has 0 amide bonds. The van der Waals surface area contributed by atoms with E-state index in [1.54, 1.807) is 0 Å². The molecule has 1 aromatic carbocycles. The summed E-state index contributed by atoms with van der Waals surface area (Å²) in [6.45, 7) is 9.26. The molecule has 1 fully saturated rings. The van der Waals surface area contributed by atoms with Crippen LogP contribution in [0.4, 0.5) is 0 Å². The van der Waals surface area contributed by atoms with Crippen molar-refractivity contribution in [2.45, 2.75) is 25.8 Å². The zero-order valence-corrected chi connectivity index (χ0v) is 18.0. The third-order valence-electron chi connectivity index (χ3n) is 5.34. The lowest BCUT2D eigenvalue weighted by molar-refractivity contribution is 0.0124. The van der Waals surface area contributed by atoms with Gasteiger partial charge in [0.25, 0.3) is 0 Å². The third kappa shape index (κ3) is 6.32. The van der Waals surface area contributed by atoms with Crippen LogP contribution < -0.4 is 10.6 Å². The van der Waals surface area contributed by atoms with Crippen LogP contribution in [-0.2, 0) is 4.74 Å². The van der Waals surface area contributed by atoms with Crippen molar-refractivity contribution in [3.63, 3.8) is 0 Å². The van der Waals surface area contributed by atoms with Gasteiger partial charge >= 0.3 is 0 Å². The Balaban J connectivity index is 1.68. The molecule has 3 N–H and O–H groups in total. The molecule has 2 atom stereocenters. The molecule has 1 saturated heterocycles. The fraction of sp³-hybridized carbons (Fsp3) is 0.522. The van der Waals surface area contributed by atoms with Gasteiger partial charge in [0.05, 0.1) is 32.4 Å². The highest BCUT2D eigenvalue weighted by atomic mass is 16.5. The molecule has 3 rings (SSSR count). The molecule has 164 valence electrons. The SMILES string of the molecule is CCNC(=NCC(CO)c1ccccc1)NCC(c1ccc(C)o1)N1CCOCC1. The highest BCUT2D eigenvalue weighted by Gasteiger charge is 2.25. The van der Waals surface area contributed by atoms with Crippen molar-refractivity contribution in [2.24, 2.45) is 4.99 Å². The molecule has 0 radical (unpaired) electrons. The molecule has 0 saturated carbocycles. The number of aliphatic imine (C=N–C) groups is 1. The van der Waals surface area contributed by atoms with Crippen molar-refractivity contribution < 1.29 is 14.3 Å². The minimum absolute atomic E-state index is 0.0237. The molecule has 0 aliphatic carbocycles. The number of aryl methyl sites for hydroxylation is 1. The molecule has 2 heterocycles. The van der Waals surface area contributed by atoms with Crippen molar-refractivity contribution >= 4 is 5.96 Å². The minimum atomic E-state index is -0.0237. The van der Waals surface area contributed by atoms with Gasteiger partial charge in [0.1, 0.15) is 11.5 Å². The van der Waals surface area contributed by atoms with Gasteiger partial charge in [-0.1, -0.05) is 30.3 Å². The van der Waals surface area contributed by atoms with Crippen molar-refractivity contribution in [3.05, 3.63) is 59.5 Å². The first-order chi connectivity index (χ1) is 14.7. The molecule has 30 heavy (non-hydrogen) atoms. The van der Waals surface area contributed by atoms with E-state index in [2.05, 4.69) is 21.6 Å². The Morgan fingerprint density at radius 1 is 1.13 bits per heavy atom. The summed E-state index contributed by atoms with van der Waals surface area (Å²) < 4.78 is 11.5. The summed E-state index contributed by atoms with van der Waals surface area (Å²) in [5, 5.41) is 16.6. The Kier molecular flexibility index (Phi) is 8.74. The summed E-state index contributed by atoms with van der Waals surface area (Å²) in [4.78, 5) is 7.13. The lowest BCUT2D eigenvalue weighted by atomic mass is 10.0. The molecule has 1 aliphatic rings. The Bertz CT molecular complexity index is 772. The number of nitrogens with zero attached hydrogens (tertiary/aromatic N) is 2. The second-order valence-corrected chi connectivity index (χ2v) is 7.50. The lowest BCUT2D eigenvalue weighted by Gasteiger charge is -2.33. The summed E-state index contributed by atoms with van der Waals surface area (Å²) in [5.41, 5.74) is 1.09. The number of furan rings is 1. The Morgan fingerprint density at radius 2 is 1.90 bits per heavy atom. The van der Waals surface area contributed by atoms with Crippen LogP contribution in [0.25, 0.3) is 0 Å². The average Bonchev–Trinajstić information content (AvgIpc) is 3.21. The number of hydrogen-bond acceptors (Lipinski definition) is 5. The maximum absolute atomic E-state index is 9.82. The van der Waals surface area contributed by atoms with Crippen LogP contribution in [-0.4, -0.2) is 68.5 Å². The van der Waals surface area contributed by atoms with Gasteiger partial charge < -0.3 is 24.9 Å². The largest absolute Gasteiger partial charge is 0.465 e. The number of rotatable bonds is 9. The van der Waals surface area contributed by atoms with Crippen molar-refractivity contribution in [1.29, 1.82) is 0 Å². The van der Waals surface area contributed by atoms with Crippen LogP contribution >= 0.6 is 0 Å². The Hall–Kier alpha value is -2.35. The zero-order valence-electron chi connectivity index (χ0n) is 18.0. The molecule has 7 nitrogen and oxygen atoms in total. The van der Waals surface area contributed by atoms with Crippen LogP contribution in [0.15, 0.2) is 51.9 Å². The van der Waals surface area contributed by atoms with E-state index in [9.17, 15) is 5.11 Å². The van der Waals surface area contributed by atoms with E-state index in [1.165, 1.54) is 0 Å². The van der Waals surface area contributed by atoms with Crippen LogP contribution in [0, 0.1) is 6.92 Å². The summed E-state index contributed by atoms with van der Waals surface area (Å²) in [5.74, 6) is 2.59. The lowest BCUT2D eigenvalue weighted by Crippen LogP contribution is -2.46. The van der Waals surface area contributed by atoms with Crippen LogP contribution in [0.1, 0.15) is 36.0 Å². The van der Waals surface area contributed by atoms with E-state index in [4.69, 9.17) is 14.1 Å². The van der Waals surface area contributed by atoms with Crippen LogP contribution in [0.5, 0.6) is 0 Å². The molecule has 2 aromatic rings. The van der Waals surface area contributed by atoms with Crippen molar-refractivity contribution in [2.75, 3.05) is 52.5 Å². The van der Waals surface area contributed by atoms with Gasteiger partial charge in [-0.15, -0.1) is 0 Å². The van der Waals surface area contributed by atoms with Crippen molar-refractivity contribution in [3.8, 4) is 0 Å². The number of guanidine groups is 1. The van der Waals surface area contributed by atoms with Gasteiger partial charge in [-0.3, -0.25) is 9.89 Å². The maximum Gasteiger partial charge on any atom is 0.191 e. The first-order valence-corrected chi connectivity index (χ1v) is 10.8. The molecule has 0 spiro atoms. The average molecular weight is 415 g/mol. The molecule has 0 bridgehead atoms. The van der Waals surface area contributed by atoms with E-state index in [-0.39, 0.29) is 18.6 Å². The topological polar surface area (TPSA) is 82.3 Å². The van der Waals surface area contributed by atoms with Gasteiger partial charge in [-0.05, 0) is 31.5 Å². The van der Waals surface area contributed by atoms with E-state index in [1.807, 2.05) is 50.2 Å². The monoisotopic (exact) mass is 414 g/mol. The second-order valence-electron chi connectivity index (χ2n) is 7.50. The highest BCUT2D eigenvalue weighted by molar-refractivity contribution is 5.79. The molecule has 1 aromatic heterocycles. The number of aliphatic hydroxyl groups is 1. The normalized spacial score (nSPS) is 17.5. The Labute approximate surface area is 179 Å². The highest BCUT2D eigenvalue weighted by Crippen LogP contribution is 2.23. The number of hydrogen-bond donors (Lipinski definition) is 3. The predicted molar refractivity (Wildman–Crippen MR) is 119 cm³/mol.